The van der Waals surface area contributed by atoms with Crippen LogP contribution in [0, 0.1) is 18.3 Å². The molecule has 1 heterocycles. The highest BCUT2D eigenvalue weighted by molar-refractivity contribution is 9.10. The van der Waals surface area contributed by atoms with Crippen LogP contribution >= 0.6 is 15.9 Å². The summed E-state index contributed by atoms with van der Waals surface area (Å²) in [6, 6.07) is 14.2. The number of aryl methyl sites for hydroxylation is 1. The number of halogens is 1. The van der Waals surface area contributed by atoms with E-state index in [2.05, 4.69) is 15.9 Å². The van der Waals surface area contributed by atoms with Crippen LogP contribution in [-0.2, 0) is 9.84 Å². The molecule has 0 unspecified atom stereocenters. The number of hydrogen-bond donors (Lipinski definition) is 0. The van der Waals surface area contributed by atoms with Crippen molar-refractivity contribution in [2.75, 3.05) is 4.90 Å². The molecule has 0 aliphatic carbocycles. The Morgan fingerprint density at radius 1 is 1.14 bits per heavy atom. The molecule has 22 heavy (non-hydrogen) atoms. The maximum Gasteiger partial charge on any atom is 0.220 e. The van der Waals surface area contributed by atoms with Crippen molar-refractivity contribution in [2.45, 2.75) is 11.8 Å². The average molecular weight is 375 g/mol. The van der Waals surface area contributed by atoms with Gasteiger partial charge in [-0.25, -0.2) is 8.42 Å². The zero-order chi connectivity index (χ0) is 15.9. The third-order valence-electron chi connectivity index (χ3n) is 3.42. The fourth-order valence-electron chi connectivity index (χ4n) is 2.35. The second-order valence-electron chi connectivity index (χ2n) is 4.90. The molecule has 6 heteroatoms. The number of nitriles is 1. The first-order valence-corrected chi connectivity index (χ1v) is 8.74. The van der Waals surface area contributed by atoms with E-state index in [4.69, 9.17) is 0 Å². The molecule has 2 aromatic carbocycles. The van der Waals surface area contributed by atoms with Gasteiger partial charge in [0.1, 0.15) is 6.07 Å². The van der Waals surface area contributed by atoms with Crippen LogP contribution in [0.4, 0.5) is 11.4 Å². The van der Waals surface area contributed by atoms with Gasteiger partial charge in [0.15, 0.2) is 4.91 Å². The molecule has 0 aromatic heterocycles. The molecule has 0 fully saturated rings. The number of hydrogen-bond acceptors (Lipinski definition) is 4. The predicted molar refractivity (Wildman–Crippen MR) is 88.3 cm³/mol. The second kappa shape index (κ2) is 5.27. The standard InChI is InChI=1S/C16H11BrN2O2S/c1-11-6-7-14(13(17)8-11)19-10-12(9-18)22(20,21)16-5-3-2-4-15(16)19/h2-8,10H,1H3. The van der Waals surface area contributed by atoms with Crippen LogP contribution in [-0.4, -0.2) is 8.42 Å². The van der Waals surface area contributed by atoms with Crippen LogP contribution in [0.15, 0.2) is 62.9 Å². The molecule has 110 valence electrons. The van der Waals surface area contributed by atoms with Gasteiger partial charge in [0, 0.05) is 10.7 Å². The molecule has 0 atom stereocenters. The zero-order valence-corrected chi connectivity index (χ0v) is 14.0. The average Bonchev–Trinajstić information content (AvgIpc) is 2.49. The number of allylic oxidation sites excluding steroid dienone is 1. The van der Waals surface area contributed by atoms with E-state index in [-0.39, 0.29) is 9.80 Å². The Bertz CT molecular complexity index is 943. The molecule has 1 aliphatic rings. The Morgan fingerprint density at radius 2 is 1.86 bits per heavy atom. The molecule has 0 N–H and O–H groups in total. The number of benzene rings is 2. The van der Waals surface area contributed by atoms with Crippen LogP contribution in [0.3, 0.4) is 0 Å². The lowest BCUT2D eigenvalue weighted by Crippen LogP contribution is -2.21. The minimum atomic E-state index is -3.75. The van der Waals surface area contributed by atoms with Gasteiger partial charge in [-0.3, -0.25) is 0 Å². The van der Waals surface area contributed by atoms with E-state index in [1.165, 1.54) is 12.3 Å². The Hall–Kier alpha value is -2.10. The van der Waals surface area contributed by atoms with Crippen LogP contribution in [0.1, 0.15) is 5.56 Å². The minimum Gasteiger partial charge on any atom is -0.313 e. The normalized spacial score (nSPS) is 15.7. The van der Waals surface area contributed by atoms with Gasteiger partial charge in [0.2, 0.25) is 9.84 Å². The number of rotatable bonds is 1. The van der Waals surface area contributed by atoms with Gasteiger partial charge in [-0.1, -0.05) is 18.2 Å². The van der Waals surface area contributed by atoms with Crippen LogP contribution in [0.5, 0.6) is 0 Å². The summed E-state index contributed by atoms with van der Waals surface area (Å²) in [5, 5.41) is 9.19. The van der Waals surface area contributed by atoms with Crippen LogP contribution in [0.25, 0.3) is 0 Å². The zero-order valence-electron chi connectivity index (χ0n) is 11.6. The van der Waals surface area contributed by atoms with Crippen molar-refractivity contribution in [3.05, 3.63) is 63.6 Å². The van der Waals surface area contributed by atoms with E-state index in [9.17, 15) is 13.7 Å². The summed E-state index contributed by atoms with van der Waals surface area (Å²) < 4.78 is 25.7. The monoisotopic (exact) mass is 374 g/mol. The molecule has 2 aromatic rings. The Labute approximate surface area is 137 Å². The van der Waals surface area contributed by atoms with E-state index < -0.39 is 9.84 Å². The number of anilines is 2. The molecule has 1 aliphatic heterocycles. The molecular weight excluding hydrogens is 364 g/mol. The van der Waals surface area contributed by atoms with Gasteiger partial charge in [-0.2, -0.15) is 5.26 Å². The molecule has 0 bridgehead atoms. The largest absolute Gasteiger partial charge is 0.313 e. The smallest absolute Gasteiger partial charge is 0.220 e. The van der Waals surface area contributed by atoms with Crippen LogP contribution < -0.4 is 4.90 Å². The highest BCUT2D eigenvalue weighted by Crippen LogP contribution is 2.41. The molecule has 0 spiro atoms. The molecule has 0 saturated heterocycles. The van der Waals surface area contributed by atoms with Crippen molar-refractivity contribution in [3.8, 4) is 6.07 Å². The summed E-state index contributed by atoms with van der Waals surface area (Å²) in [5.74, 6) is 0. The summed E-state index contributed by atoms with van der Waals surface area (Å²) in [6.45, 7) is 1.97. The lowest BCUT2D eigenvalue weighted by molar-refractivity contribution is 0.602. The molecular formula is C16H11BrN2O2S. The summed E-state index contributed by atoms with van der Waals surface area (Å²) in [4.78, 5) is 1.60. The van der Waals surface area contributed by atoms with Crippen molar-refractivity contribution in [1.29, 1.82) is 5.26 Å². The third-order valence-corrected chi connectivity index (χ3v) is 5.76. The summed E-state index contributed by atoms with van der Waals surface area (Å²) in [5.41, 5.74) is 2.39. The van der Waals surface area contributed by atoms with Crippen molar-refractivity contribution >= 4 is 37.1 Å². The number of fused-ring (bicyclic) bond motifs is 1. The Morgan fingerprint density at radius 3 is 2.55 bits per heavy atom. The fraction of sp³-hybridized carbons (Fsp3) is 0.0625. The fourth-order valence-corrected chi connectivity index (χ4v) is 4.34. The molecule has 0 amide bonds. The SMILES string of the molecule is Cc1ccc(N2C=C(C#N)S(=O)(=O)c3ccccc32)c(Br)c1. The van der Waals surface area contributed by atoms with E-state index in [0.29, 0.717) is 5.69 Å². The van der Waals surface area contributed by atoms with E-state index in [1.54, 1.807) is 29.2 Å². The quantitative estimate of drug-likeness (QED) is 0.755. The van der Waals surface area contributed by atoms with Crippen molar-refractivity contribution in [2.24, 2.45) is 0 Å². The number of sulfone groups is 1. The van der Waals surface area contributed by atoms with Crippen LogP contribution in [0.2, 0.25) is 0 Å². The second-order valence-corrected chi connectivity index (χ2v) is 7.64. The summed E-state index contributed by atoms with van der Waals surface area (Å²) in [7, 11) is -3.75. The lowest BCUT2D eigenvalue weighted by atomic mass is 10.2. The van der Waals surface area contributed by atoms with Gasteiger partial charge in [0.05, 0.1) is 16.3 Å². The van der Waals surface area contributed by atoms with Crippen molar-refractivity contribution < 1.29 is 8.42 Å². The lowest BCUT2D eigenvalue weighted by Gasteiger charge is -2.28. The third kappa shape index (κ3) is 2.23. The molecule has 4 nitrogen and oxygen atoms in total. The minimum absolute atomic E-state index is 0.140. The van der Waals surface area contributed by atoms with Crippen molar-refractivity contribution in [3.63, 3.8) is 0 Å². The Kier molecular flexibility index (Phi) is 3.55. The van der Waals surface area contributed by atoms with Gasteiger partial charge < -0.3 is 4.90 Å². The number of nitrogens with zero attached hydrogens (tertiary/aromatic N) is 2. The molecule has 3 rings (SSSR count). The van der Waals surface area contributed by atoms with Gasteiger partial charge in [0.25, 0.3) is 0 Å². The molecule has 0 saturated carbocycles. The highest BCUT2D eigenvalue weighted by atomic mass is 79.9. The first-order valence-electron chi connectivity index (χ1n) is 6.46. The maximum atomic E-state index is 12.4. The summed E-state index contributed by atoms with van der Waals surface area (Å²) >= 11 is 3.50. The summed E-state index contributed by atoms with van der Waals surface area (Å²) in [6.07, 6.45) is 1.37. The van der Waals surface area contributed by atoms with E-state index in [1.807, 2.05) is 25.1 Å². The van der Waals surface area contributed by atoms with Gasteiger partial charge in [-0.15, -0.1) is 0 Å². The maximum absolute atomic E-state index is 12.4. The van der Waals surface area contributed by atoms with Gasteiger partial charge >= 0.3 is 0 Å². The van der Waals surface area contributed by atoms with E-state index in [0.717, 1.165) is 15.7 Å². The highest BCUT2D eigenvalue weighted by Gasteiger charge is 2.32. The van der Waals surface area contributed by atoms with E-state index >= 15 is 0 Å². The number of para-hydroxylation sites is 1. The topological polar surface area (TPSA) is 61.2 Å². The van der Waals surface area contributed by atoms with Crippen molar-refractivity contribution in [1.82, 2.24) is 0 Å². The first kappa shape index (κ1) is 14.8. The Balaban J connectivity index is 2.31. The first-order chi connectivity index (χ1) is 10.4. The predicted octanol–water partition coefficient (Wildman–Crippen LogP) is 4.05. The van der Waals surface area contributed by atoms with Gasteiger partial charge in [-0.05, 0) is 52.7 Å². The molecule has 0 radical (unpaired) electrons.